The van der Waals surface area contributed by atoms with E-state index in [1.807, 2.05) is 0 Å². The van der Waals surface area contributed by atoms with Crippen LogP contribution in [0.15, 0.2) is 49.6 Å². The molecular weight excluding hydrogens is 545 g/mol. The normalized spacial score (nSPS) is 12.9. The van der Waals surface area contributed by atoms with Gasteiger partial charge in [0.15, 0.2) is 0 Å². The summed E-state index contributed by atoms with van der Waals surface area (Å²) >= 11 is 0. The second kappa shape index (κ2) is 15.5. The molecule has 10 heteroatoms. The number of nitrogens with one attached hydrogen (secondary N) is 1. The van der Waals surface area contributed by atoms with E-state index in [1.165, 1.54) is 25.1 Å². The fourth-order valence-corrected chi connectivity index (χ4v) is 4.59. The first-order chi connectivity index (χ1) is 19.4. The molecule has 2 N–H and O–H groups in total. The van der Waals surface area contributed by atoms with Crippen LogP contribution < -0.4 is 5.32 Å². The predicted molar refractivity (Wildman–Crippen MR) is 147 cm³/mol. The molecule has 0 aliphatic heterocycles. The lowest BCUT2D eigenvalue weighted by Crippen LogP contribution is -2.38. The van der Waals surface area contributed by atoms with Crippen molar-refractivity contribution in [2.75, 3.05) is 6.61 Å². The van der Waals surface area contributed by atoms with Gasteiger partial charge in [0.05, 0.1) is 24.6 Å². The van der Waals surface area contributed by atoms with Crippen molar-refractivity contribution in [2.45, 2.75) is 77.1 Å². The molecule has 5 nitrogen and oxygen atoms in total. The number of hydrogen-bond acceptors (Lipinski definition) is 4. The largest absolute Gasteiger partial charge is 0.466 e. The molecule has 0 aliphatic rings. The van der Waals surface area contributed by atoms with E-state index >= 15 is 4.39 Å². The summed E-state index contributed by atoms with van der Waals surface area (Å²) in [6.45, 7) is 10.3. The summed E-state index contributed by atoms with van der Waals surface area (Å²) in [6, 6.07) is 2.66. The van der Waals surface area contributed by atoms with Crippen LogP contribution >= 0.6 is 0 Å². The van der Waals surface area contributed by atoms with Crippen LogP contribution in [0.3, 0.4) is 0 Å². The van der Waals surface area contributed by atoms with Crippen LogP contribution in [0.1, 0.15) is 74.2 Å². The van der Waals surface area contributed by atoms with E-state index in [1.54, 1.807) is 13.0 Å². The lowest BCUT2D eigenvalue weighted by atomic mass is 9.87. The molecule has 0 saturated carbocycles. The molecule has 0 fully saturated rings. The Morgan fingerprint density at radius 2 is 1.73 bits per heavy atom. The molecule has 0 heterocycles. The van der Waals surface area contributed by atoms with Gasteiger partial charge in [-0.3, -0.25) is 9.59 Å². The Morgan fingerprint density at radius 1 is 1.05 bits per heavy atom. The molecule has 2 aromatic rings. The van der Waals surface area contributed by atoms with E-state index < -0.39 is 59.4 Å². The molecule has 2 atom stereocenters. The third kappa shape index (κ3) is 9.24. The van der Waals surface area contributed by atoms with Gasteiger partial charge in [0.25, 0.3) is 0 Å². The van der Waals surface area contributed by atoms with Gasteiger partial charge < -0.3 is 15.2 Å². The number of aliphatic hydroxyl groups excluding tert-OH is 1. The van der Waals surface area contributed by atoms with Crippen molar-refractivity contribution in [3.63, 3.8) is 0 Å². The molecule has 1 amide bonds. The van der Waals surface area contributed by atoms with Gasteiger partial charge >= 0.3 is 12.1 Å². The minimum atomic E-state index is -5.13. The number of aliphatic hydroxyl groups is 1. The number of aryl methyl sites for hydroxylation is 2. The van der Waals surface area contributed by atoms with Crippen LogP contribution in [-0.2, 0) is 33.3 Å². The standard InChI is InChI=1S/C31H36F5NO4/c1-5-9-10-11-13-20-15-22(32)14-19(7-3)28(20)21-16-23(29(33)24(17-21)31(34,35)36)25(18-27(39)41-8-4)37-30(40)26(38)12-6-2/h5-6,14-17,25-26,38H,1-2,7-13,18H2,3-4H3,(H,37,40)/t25-,26+/m0/s1. The average Bonchev–Trinajstić information content (AvgIpc) is 2.90. The van der Waals surface area contributed by atoms with Gasteiger partial charge in [0.1, 0.15) is 17.7 Å². The zero-order chi connectivity index (χ0) is 30.7. The molecule has 2 aromatic carbocycles. The molecule has 0 bridgehead atoms. The first-order valence-corrected chi connectivity index (χ1v) is 13.5. The quantitative estimate of drug-likeness (QED) is 0.101. The number of carbonyl (C=O) groups excluding carboxylic acids is 2. The number of benzene rings is 2. The Balaban J connectivity index is 2.82. The summed E-state index contributed by atoms with van der Waals surface area (Å²) in [6.07, 6.45) is -1.99. The second-order valence-corrected chi connectivity index (χ2v) is 9.52. The van der Waals surface area contributed by atoms with Crippen LogP contribution in [0.5, 0.6) is 0 Å². The summed E-state index contributed by atoms with van der Waals surface area (Å²) in [5.41, 5.74) is -1.08. The second-order valence-electron chi connectivity index (χ2n) is 9.52. The average molecular weight is 582 g/mol. The number of allylic oxidation sites excluding steroid dienone is 1. The Labute approximate surface area is 237 Å². The summed E-state index contributed by atoms with van der Waals surface area (Å²) in [4.78, 5) is 25.0. The molecular formula is C31H36F5NO4. The third-order valence-corrected chi connectivity index (χ3v) is 6.51. The van der Waals surface area contributed by atoms with Gasteiger partial charge in [-0.25, -0.2) is 8.78 Å². The summed E-state index contributed by atoms with van der Waals surface area (Å²) in [5.74, 6) is -4.15. The minimum Gasteiger partial charge on any atom is -0.466 e. The number of carbonyl (C=O) groups is 2. The van der Waals surface area contributed by atoms with Gasteiger partial charge in [0, 0.05) is 12.0 Å². The SMILES string of the molecule is C=CCCCCc1cc(F)cc(CC)c1-c1cc([C@H](CC(=O)OCC)NC(=O)[C@H](O)CC=C)c(F)c(C(F)(F)F)c1. The maximum atomic E-state index is 15.6. The van der Waals surface area contributed by atoms with Gasteiger partial charge in [-0.05, 0) is 85.5 Å². The van der Waals surface area contributed by atoms with Crippen molar-refractivity contribution in [1.82, 2.24) is 5.32 Å². The predicted octanol–water partition coefficient (Wildman–Crippen LogP) is 7.16. The maximum absolute atomic E-state index is 15.6. The van der Waals surface area contributed by atoms with E-state index in [-0.39, 0.29) is 25.0 Å². The van der Waals surface area contributed by atoms with Crippen LogP contribution in [0.2, 0.25) is 0 Å². The summed E-state index contributed by atoms with van der Waals surface area (Å²) < 4.78 is 77.5. The molecule has 0 spiro atoms. The highest BCUT2D eigenvalue weighted by Crippen LogP contribution is 2.40. The number of rotatable bonds is 15. The first-order valence-electron chi connectivity index (χ1n) is 13.5. The zero-order valence-electron chi connectivity index (χ0n) is 23.3. The van der Waals surface area contributed by atoms with Crippen molar-refractivity contribution >= 4 is 11.9 Å². The zero-order valence-corrected chi connectivity index (χ0v) is 23.3. The fraction of sp³-hybridized carbons (Fsp3) is 0.419. The Kier molecular flexibility index (Phi) is 12.7. The number of amides is 1. The highest BCUT2D eigenvalue weighted by atomic mass is 19.4. The Hall–Kier alpha value is -3.53. The van der Waals surface area contributed by atoms with E-state index in [4.69, 9.17) is 4.74 Å². The Bertz CT molecular complexity index is 1240. The Morgan fingerprint density at radius 3 is 2.32 bits per heavy atom. The highest BCUT2D eigenvalue weighted by Gasteiger charge is 2.38. The van der Waals surface area contributed by atoms with Crippen molar-refractivity contribution in [3.8, 4) is 11.1 Å². The van der Waals surface area contributed by atoms with Crippen LogP contribution in [-0.4, -0.2) is 29.7 Å². The van der Waals surface area contributed by atoms with Crippen molar-refractivity contribution < 1.29 is 41.4 Å². The number of esters is 1. The minimum absolute atomic E-state index is 0.0426. The molecule has 0 unspecified atom stereocenters. The number of ether oxygens (including phenoxy) is 1. The molecule has 0 radical (unpaired) electrons. The van der Waals surface area contributed by atoms with Gasteiger partial charge in [-0.1, -0.05) is 19.1 Å². The number of unbranched alkanes of at least 4 members (excludes halogenated alkanes) is 2. The van der Waals surface area contributed by atoms with Crippen molar-refractivity contribution in [1.29, 1.82) is 0 Å². The number of alkyl halides is 3. The third-order valence-electron chi connectivity index (χ3n) is 6.51. The number of halogens is 5. The smallest absolute Gasteiger partial charge is 0.419 e. The first kappa shape index (κ1) is 33.7. The molecule has 0 aromatic heterocycles. The molecule has 0 saturated heterocycles. The molecule has 2 rings (SSSR count). The summed E-state index contributed by atoms with van der Waals surface area (Å²) in [7, 11) is 0. The topological polar surface area (TPSA) is 75.6 Å². The van der Waals surface area contributed by atoms with Crippen LogP contribution in [0, 0.1) is 11.6 Å². The van der Waals surface area contributed by atoms with Gasteiger partial charge in [-0.2, -0.15) is 13.2 Å². The molecule has 224 valence electrons. The lowest BCUT2D eigenvalue weighted by molar-refractivity contribution is -0.144. The maximum Gasteiger partial charge on any atom is 0.419 e. The molecule has 0 aliphatic carbocycles. The van der Waals surface area contributed by atoms with Crippen LogP contribution in [0.25, 0.3) is 11.1 Å². The van der Waals surface area contributed by atoms with Crippen molar-refractivity contribution in [3.05, 3.63) is 83.5 Å². The van der Waals surface area contributed by atoms with Gasteiger partial charge in [-0.15, -0.1) is 13.2 Å². The highest BCUT2D eigenvalue weighted by molar-refractivity contribution is 5.82. The fourth-order valence-electron chi connectivity index (χ4n) is 4.59. The van der Waals surface area contributed by atoms with E-state index in [9.17, 15) is 32.3 Å². The van der Waals surface area contributed by atoms with Crippen molar-refractivity contribution in [2.24, 2.45) is 0 Å². The lowest BCUT2D eigenvalue weighted by Gasteiger charge is -2.24. The van der Waals surface area contributed by atoms with E-state index in [0.717, 1.165) is 12.5 Å². The van der Waals surface area contributed by atoms with Gasteiger partial charge in [0.2, 0.25) is 5.91 Å². The van der Waals surface area contributed by atoms with E-state index in [2.05, 4.69) is 18.5 Å². The van der Waals surface area contributed by atoms with E-state index in [0.29, 0.717) is 42.0 Å². The number of hydrogen-bond donors (Lipinski definition) is 2. The summed E-state index contributed by atoms with van der Waals surface area (Å²) in [5, 5.41) is 12.4. The molecule has 41 heavy (non-hydrogen) atoms. The monoisotopic (exact) mass is 581 g/mol. The van der Waals surface area contributed by atoms with Crippen LogP contribution in [0.4, 0.5) is 22.0 Å².